The van der Waals surface area contributed by atoms with Gasteiger partial charge in [-0.1, -0.05) is 11.6 Å². The molecule has 0 unspecified atom stereocenters. The molecule has 1 aromatic heterocycles. The molecule has 1 heterocycles. The molecule has 0 aliphatic heterocycles. The molecule has 25 heavy (non-hydrogen) atoms. The average Bonchev–Trinajstić information content (AvgIpc) is 3.37. The SMILES string of the molecule is O=C(O)CNc1nc(Nc2cc(Cl)ccc2[N+](=O)[O-])cc(C2CC2)n1. The second kappa shape index (κ2) is 6.89. The molecule has 3 N–H and O–H groups in total. The minimum Gasteiger partial charge on any atom is -0.480 e. The Hall–Kier alpha value is -2.94. The van der Waals surface area contributed by atoms with E-state index in [1.54, 1.807) is 6.07 Å². The summed E-state index contributed by atoms with van der Waals surface area (Å²) in [7, 11) is 0. The van der Waals surface area contributed by atoms with Gasteiger partial charge in [0.05, 0.1) is 10.6 Å². The first-order chi connectivity index (χ1) is 11.9. The number of hydrogen-bond donors (Lipinski definition) is 3. The number of aliphatic carboxylic acids is 1. The van der Waals surface area contributed by atoms with Gasteiger partial charge in [0.2, 0.25) is 5.95 Å². The topological polar surface area (TPSA) is 130 Å². The molecular weight excluding hydrogens is 350 g/mol. The number of carboxylic acid groups (broad SMARTS) is 1. The predicted octanol–water partition coefficient (Wildman–Crippen LogP) is 3.16. The summed E-state index contributed by atoms with van der Waals surface area (Å²) in [5.74, 6) is -0.266. The summed E-state index contributed by atoms with van der Waals surface area (Å²) in [5, 5.41) is 25.8. The van der Waals surface area contributed by atoms with Crippen LogP contribution in [-0.4, -0.2) is 32.5 Å². The fourth-order valence-corrected chi connectivity index (χ4v) is 2.43. The minimum absolute atomic E-state index is 0.143. The Morgan fingerprint density at radius 2 is 2.12 bits per heavy atom. The Morgan fingerprint density at radius 1 is 1.36 bits per heavy atom. The van der Waals surface area contributed by atoms with Gasteiger partial charge in [0, 0.05) is 23.1 Å². The highest BCUT2D eigenvalue weighted by molar-refractivity contribution is 6.31. The molecule has 9 nitrogen and oxygen atoms in total. The highest BCUT2D eigenvalue weighted by Gasteiger charge is 2.26. The number of nitrogens with zero attached hydrogens (tertiary/aromatic N) is 3. The van der Waals surface area contributed by atoms with Crippen LogP contribution in [0.4, 0.5) is 23.1 Å². The zero-order chi connectivity index (χ0) is 18.0. The zero-order valence-corrected chi connectivity index (χ0v) is 13.7. The van der Waals surface area contributed by atoms with Gasteiger partial charge in [0.1, 0.15) is 18.1 Å². The standard InChI is InChI=1S/C15H14ClN5O4/c16-9-3-4-12(21(24)25)11(5-9)18-13-6-10(8-1-2-8)19-15(20-13)17-7-14(22)23/h3-6,8H,1-2,7H2,(H,22,23)(H2,17,18,19,20). The van der Waals surface area contributed by atoms with E-state index in [0.717, 1.165) is 18.5 Å². The second-order valence-electron chi connectivity index (χ2n) is 5.57. The number of carbonyl (C=O) groups is 1. The maximum atomic E-state index is 11.2. The van der Waals surface area contributed by atoms with Gasteiger partial charge in [-0.3, -0.25) is 14.9 Å². The van der Waals surface area contributed by atoms with Crippen molar-refractivity contribution in [3.8, 4) is 0 Å². The normalized spacial score (nSPS) is 13.3. The van der Waals surface area contributed by atoms with Crippen LogP contribution < -0.4 is 10.6 Å². The van der Waals surface area contributed by atoms with Crippen LogP contribution >= 0.6 is 11.6 Å². The number of benzene rings is 1. The van der Waals surface area contributed by atoms with Crippen molar-refractivity contribution in [1.29, 1.82) is 0 Å². The second-order valence-corrected chi connectivity index (χ2v) is 6.00. The van der Waals surface area contributed by atoms with E-state index in [4.69, 9.17) is 16.7 Å². The van der Waals surface area contributed by atoms with Gasteiger partial charge >= 0.3 is 5.97 Å². The van der Waals surface area contributed by atoms with Crippen LogP contribution in [0.2, 0.25) is 5.02 Å². The molecule has 1 saturated carbocycles. The van der Waals surface area contributed by atoms with Crippen LogP contribution in [0, 0.1) is 10.1 Å². The molecule has 0 bridgehead atoms. The van der Waals surface area contributed by atoms with Crippen LogP contribution in [-0.2, 0) is 4.79 Å². The molecule has 0 amide bonds. The van der Waals surface area contributed by atoms with E-state index >= 15 is 0 Å². The van der Waals surface area contributed by atoms with Crippen LogP contribution in [0.25, 0.3) is 0 Å². The largest absolute Gasteiger partial charge is 0.480 e. The molecule has 1 fully saturated rings. The number of nitro groups is 1. The Bertz CT molecular complexity index is 841. The van der Waals surface area contributed by atoms with Crippen molar-refractivity contribution >= 4 is 40.7 Å². The minimum atomic E-state index is -1.04. The summed E-state index contributed by atoms with van der Waals surface area (Å²) in [6.07, 6.45) is 1.98. The van der Waals surface area contributed by atoms with Crippen LogP contribution in [0.15, 0.2) is 24.3 Å². The van der Waals surface area contributed by atoms with E-state index in [1.165, 1.54) is 18.2 Å². The molecule has 0 spiro atoms. The average molecular weight is 364 g/mol. The summed E-state index contributed by atoms with van der Waals surface area (Å²) >= 11 is 5.92. The van der Waals surface area contributed by atoms with Crippen LogP contribution in [0.1, 0.15) is 24.5 Å². The Labute approximate surface area is 147 Å². The van der Waals surface area contributed by atoms with E-state index in [0.29, 0.717) is 16.8 Å². The van der Waals surface area contributed by atoms with Gasteiger partial charge in [-0.25, -0.2) is 4.98 Å². The third-order valence-electron chi connectivity index (χ3n) is 3.56. The van der Waals surface area contributed by atoms with E-state index < -0.39 is 10.9 Å². The smallest absolute Gasteiger partial charge is 0.322 e. The lowest BCUT2D eigenvalue weighted by atomic mass is 10.2. The van der Waals surface area contributed by atoms with Gasteiger partial charge in [0.15, 0.2) is 0 Å². The number of nitrogens with one attached hydrogen (secondary N) is 2. The fourth-order valence-electron chi connectivity index (χ4n) is 2.26. The quantitative estimate of drug-likeness (QED) is 0.505. The lowest BCUT2D eigenvalue weighted by molar-refractivity contribution is -0.383. The van der Waals surface area contributed by atoms with Gasteiger partial charge in [-0.05, 0) is 25.0 Å². The van der Waals surface area contributed by atoms with Gasteiger partial charge in [-0.15, -0.1) is 0 Å². The number of nitro benzene ring substituents is 1. The molecule has 0 atom stereocenters. The number of rotatable bonds is 7. The monoisotopic (exact) mass is 363 g/mol. The van der Waals surface area contributed by atoms with E-state index in [-0.39, 0.29) is 23.9 Å². The highest BCUT2D eigenvalue weighted by atomic mass is 35.5. The lowest BCUT2D eigenvalue weighted by Gasteiger charge is -2.11. The molecule has 1 aliphatic carbocycles. The van der Waals surface area contributed by atoms with Gasteiger partial charge in [0.25, 0.3) is 5.69 Å². The lowest BCUT2D eigenvalue weighted by Crippen LogP contribution is -2.15. The number of aromatic nitrogens is 2. The molecule has 130 valence electrons. The summed E-state index contributed by atoms with van der Waals surface area (Å²) in [6.45, 7) is -0.328. The molecule has 2 aromatic rings. The number of hydrogen-bond acceptors (Lipinski definition) is 7. The first-order valence-electron chi connectivity index (χ1n) is 7.48. The molecule has 10 heteroatoms. The third-order valence-corrected chi connectivity index (χ3v) is 3.79. The molecule has 1 aliphatic rings. The molecule has 0 saturated heterocycles. The zero-order valence-electron chi connectivity index (χ0n) is 12.9. The number of anilines is 3. The summed E-state index contributed by atoms with van der Waals surface area (Å²) in [4.78, 5) is 29.8. The molecule has 1 aromatic carbocycles. The summed E-state index contributed by atoms with van der Waals surface area (Å²) < 4.78 is 0. The molecule has 0 radical (unpaired) electrons. The van der Waals surface area contributed by atoms with Crippen molar-refractivity contribution in [2.24, 2.45) is 0 Å². The summed E-state index contributed by atoms with van der Waals surface area (Å²) in [5.41, 5.74) is 0.813. The maximum Gasteiger partial charge on any atom is 0.322 e. The first kappa shape index (κ1) is 16.9. The van der Waals surface area contributed by atoms with Crippen LogP contribution in [0.3, 0.4) is 0 Å². The van der Waals surface area contributed by atoms with Gasteiger partial charge in [-0.2, -0.15) is 4.98 Å². The molecular formula is C15H14ClN5O4. The van der Waals surface area contributed by atoms with E-state index in [9.17, 15) is 14.9 Å². The van der Waals surface area contributed by atoms with E-state index in [1.807, 2.05) is 0 Å². The number of carboxylic acids is 1. The predicted molar refractivity (Wildman–Crippen MR) is 91.5 cm³/mol. The highest BCUT2D eigenvalue weighted by Crippen LogP contribution is 2.40. The van der Waals surface area contributed by atoms with Crippen molar-refractivity contribution in [3.63, 3.8) is 0 Å². The fraction of sp³-hybridized carbons (Fsp3) is 0.267. The van der Waals surface area contributed by atoms with Crippen LogP contribution in [0.5, 0.6) is 0 Å². The first-order valence-corrected chi connectivity index (χ1v) is 7.86. The van der Waals surface area contributed by atoms with E-state index in [2.05, 4.69) is 20.6 Å². The molecule has 3 rings (SSSR count). The van der Waals surface area contributed by atoms with Crippen molar-refractivity contribution in [3.05, 3.63) is 45.1 Å². The Kier molecular flexibility index (Phi) is 4.66. The number of halogens is 1. The van der Waals surface area contributed by atoms with Crippen molar-refractivity contribution in [2.75, 3.05) is 17.2 Å². The van der Waals surface area contributed by atoms with Crippen molar-refractivity contribution in [2.45, 2.75) is 18.8 Å². The Balaban J connectivity index is 1.92. The maximum absolute atomic E-state index is 11.2. The van der Waals surface area contributed by atoms with Crippen molar-refractivity contribution < 1.29 is 14.8 Å². The third kappa shape index (κ3) is 4.32. The van der Waals surface area contributed by atoms with Gasteiger partial charge < -0.3 is 15.7 Å². The Morgan fingerprint density at radius 3 is 2.76 bits per heavy atom. The van der Waals surface area contributed by atoms with Crippen molar-refractivity contribution in [1.82, 2.24) is 9.97 Å². The summed E-state index contributed by atoms with van der Waals surface area (Å²) in [6, 6.07) is 5.87.